The van der Waals surface area contributed by atoms with Gasteiger partial charge in [-0.05, 0) is 75.7 Å². The van der Waals surface area contributed by atoms with Crippen molar-refractivity contribution in [2.75, 3.05) is 13.1 Å². The van der Waals surface area contributed by atoms with Crippen molar-refractivity contribution >= 4 is 16.9 Å². The molecule has 218 valence electrons. The summed E-state index contributed by atoms with van der Waals surface area (Å²) in [4.78, 5) is 29.1. The third-order valence-electron chi connectivity index (χ3n) is 8.22. The van der Waals surface area contributed by atoms with Crippen molar-refractivity contribution in [3.8, 4) is 5.75 Å². The second-order valence-corrected chi connectivity index (χ2v) is 11.6. The Morgan fingerprint density at radius 1 is 0.975 bits per heavy atom. The van der Waals surface area contributed by atoms with Gasteiger partial charge in [-0.2, -0.15) is 4.74 Å². The Kier molecular flexibility index (Phi) is 9.77. The number of aromatic nitrogens is 1. The van der Waals surface area contributed by atoms with Gasteiger partial charge in [-0.1, -0.05) is 64.8 Å². The maximum Gasteiger partial charge on any atom is 0.352 e. The van der Waals surface area contributed by atoms with E-state index >= 15 is 0 Å². The largest absolute Gasteiger partial charge is 0.473 e. The van der Waals surface area contributed by atoms with Crippen LogP contribution in [0.15, 0.2) is 39.6 Å². The van der Waals surface area contributed by atoms with E-state index < -0.39 is 12.1 Å². The first-order valence-electron chi connectivity index (χ1n) is 15.0. The molecule has 0 aliphatic carbocycles. The van der Waals surface area contributed by atoms with E-state index in [9.17, 15) is 9.59 Å². The van der Waals surface area contributed by atoms with E-state index in [1.165, 1.54) is 23.1 Å². The van der Waals surface area contributed by atoms with E-state index in [-0.39, 0.29) is 17.7 Å². The zero-order chi connectivity index (χ0) is 29.0. The summed E-state index contributed by atoms with van der Waals surface area (Å²) >= 11 is 0. The monoisotopic (exact) mass is 550 g/mol. The number of aryl methyl sites for hydroxylation is 3. The normalized spacial score (nSPS) is 16.4. The number of benzene rings is 2. The highest BCUT2D eigenvalue weighted by Gasteiger charge is 2.32. The molecule has 0 amide bonds. The molecule has 40 heavy (non-hydrogen) atoms. The number of rotatable bonds is 12. The molecule has 1 saturated heterocycles. The van der Waals surface area contributed by atoms with Crippen molar-refractivity contribution in [1.29, 1.82) is 0 Å². The van der Waals surface area contributed by atoms with E-state index in [1.807, 2.05) is 25.1 Å². The molecule has 1 aliphatic heterocycles. The highest BCUT2D eigenvalue weighted by molar-refractivity contribution is 5.84. The molecular weight excluding hydrogens is 504 g/mol. The minimum Gasteiger partial charge on any atom is -0.473 e. The number of ether oxygens (including phenoxy) is 2. The molecule has 0 bridgehead atoms. The van der Waals surface area contributed by atoms with Crippen molar-refractivity contribution in [2.24, 2.45) is 7.05 Å². The van der Waals surface area contributed by atoms with Crippen LogP contribution in [0.4, 0.5) is 0 Å². The Hall–Kier alpha value is -3.06. The topological polar surface area (TPSA) is 73.9 Å². The number of carbonyl (C=O) groups is 1. The smallest absolute Gasteiger partial charge is 0.352 e. The number of hydrogen-bond acceptors (Lipinski definition) is 6. The minimum absolute atomic E-state index is 0.122. The molecule has 1 aromatic heterocycles. The first-order valence-corrected chi connectivity index (χ1v) is 15.0. The number of fused-ring (bicyclic) bond motifs is 1. The molecule has 3 atom stereocenters. The van der Waals surface area contributed by atoms with Crippen LogP contribution in [0.5, 0.6) is 5.75 Å². The second kappa shape index (κ2) is 13.1. The molecule has 2 heterocycles. The summed E-state index contributed by atoms with van der Waals surface area (Å²) in [6, 6.07) is 10.0. The summed E-state index contributed by atoms with van der Waals surface area (Å²) in [7, 11) is 1.62. The molecule has 7 heteroatoms. The van der Waals surface area contributed by atoms with Crippen LogP contribution in [0.25, 0.3) is 11.0 Å². The lowest BCUT2D eigenvalue weighted by Crippen LogP contribution is -2.41. The lowest BCUT2D eigenvalue weighted by molar-refractivity contribution is -0.160. The van der Waals surface area contributed by atoms with Crippen molar-refractivity contribution in [1.82, 2.24) is 9.64 Å². The second-order valence-electron chi connectivity index (χ2n) is 11.6. The van der Waals surface area contributed by atoms with E-state index in [2.05, 4.69) is 51.7 Å². The molecule has 7 nitrogen and oxygen atoms in total. The number of esters is 1. The summed E-state index contributed by atoms with van der Waals surface area (Å²) in [5, 5.41) is 0.551. The molecule has 2 unspecified atom stereocenters. The van der Waals surface area contributed by atoms with Gasteiger partial charge in [0.1, 0.15) is 11.9 Å². The average molecular weight is 551 g/mol. The standard InChI is InChI=1S/C33H46N2O5/c1-8-12-26-20-28-31(40-34(7)32(28)36)27(13-9-2)29(26)39-30(25-16-14-24(15-17-25)21(3)4)33(37)38-23(6)22(5)35-18-10-11-19-35/h14-17,20-23,30H,8-13,18-19H2,1-7H3/t22?,23-,30?/m1/s1. The van der Waals surface area contributed by atoms with Crippen LogP contribution in [-0.2, 0) is 29.4 Å². The maximum absolute atomic E-state index is 13.9. The Bertz CT molecular complexity index is 1350. The third-order valence-corrected chi connectivity index (χ3v) is 8.22. The Balaban J connectivity index is 1.77. The molecular formula is C33H46N2O5. The SMILES string of the molecule is CCCc1cc2c(=O)n(C)oc2c(CCC)c1OC(C(=O)O[C@H](C)C(C)N1CCCC1)c1ccc(C(C)C)cc1. The summed E-state index contributed by atoms with van der Waals surface area (Å²) < 4.78 is 20.0. The van der Waals surface area contributed by atoms with Gasteiger partial charge < -0.3 is 14.0 Å². The van der Waals surface area contributed by atoms with Crippen LogP contribution in [0.1, 0.15) is 102 Å². The van der Waals surface area contributed by atoms with Crippen molar-refractivity contribution < 1.29 is 18.8 Å². The maximum atomic E-state index is 13.9. The van der Waals surface area contributed by atoms with E-state index in [0.29, 0.717) is 35.5 Å². The van der Waals surface area contributed by atoms with Crippen molar-refractivity contribution in [2.45, 2.75) is 104 Å². The van der Waals surface area contributed by atoms with Crippen LogP contribution in [0.2, 0.25) is 0 Å². The van der Waals surface area contributed by atoms with Gasteiger partial charge in [-0.3, -0.25) is 9.69 Å². The first-order chi connectivity index (χ1) is 19.2. The average Bonchev–Trinajstić information content (AvgIpc) is 3.57. The molecule has 4 rings (SSSR count). The van der Waals surface area contributed by atoms with Gasteiger partial charge >= 0.3 is 5.97 Å². The van der Waals surface area contributed by atoms with Crippen molar-refractivity contribution in [3.63, 3.8) is 0 Å². The van der Waals surface area contributed by atoms with Gasteiger partial charge in [0.05, 0.1) is 5.39 Å². The summed E-state index contributed by atoms with van der Waals surface area (Å²) in [5.41, 5.74) is 4.04. The first kappa shape index (κ1) is 29.9. The van der Waals surface area contributed by atoms with Gasteiger partial charge in [0, 0.05) is 24.2 Å². The highest BCUT2D eigenvalue weighted by atomic mass is 16.6. The number of carbonyl (C=O) groups excluding carboxylic acids is 1. The van der Waals surface area contributed by atoms with Gasteiger partial charge in [-0.25, -0.2) is 4.79 Å². The van der Waals surface area contributed by atoms with Crippen LogP contribution in [0.3, 0.4) is 0 Å². The summed E-state index contributed by atoms with van der Waals surface area (Å²) in [5.74, 6) is 0.591. The van der Waals surface area contributed by atoms with Gasteiger partial charge in [0.15, 0.2) is 5.58 Å². The highest BCUT2D eigenvalue weighted by Crippen LogP contribution is 2.37. The fourth-order valence-electron chi connectivity index (χ4n) is 5.67. The van der Waals surface area contributed by atoms with Crippen LogP contribution < -0.4 is 10.3 Å². The minimum atomic E-state index is -0.950. The predicted octanol–water partition coefficient (Wildman–Crippen LogP) is 6.70. The molecule has 0 spiro atoms. The van der Waals surface area contributed by atoms with Crippen LogP contribution >= 0.6 is 0 Å². The predicted molar refractivity (Wildman–Crippen MR) is 159 cm³/mol. The van der Waals surface area contributed by atoms with Gasteiger partial charge in [0.25, 0.3) is 5.56 Å². The molecule has 0 radical (unpaired) electrons. The number of hydrogen-bond donors (Lipinski definition) is 0. The number of nitrogens with zero attached hydrogens (tertiary/aromatic N) is 2. The number of likely N-dealkylation sites (tertiary alicyclic amines) is 1. The van der Waals surface area contributed by atoms with Crippen molar-refractivity contribution in [3.05, 3.63) is 62.9 Å². The summed E-state index contributed by atoms with van der Waals surface area (Å²) in [6.45, 7) is 14.6. The summed E-state index contributed by atoms with van der Waals surface area (Å²) in [6.07, 6.45) is 4.20. The fraction of sp³-hybridized carbons (Fsp3) is 0.576. The molecule has 2 aromatic carbocycles. The fourth-order valence-corrected chi connectivity index (χ4v) is 5.67. The third kappa shape index (κ3) is 6.30. The van der Waals surface area contributed by atoms with E-state index in [1.54, 1.807) is 7.05 Å². The lowest BCUT2D eigenvalue weighted by atomic mass is 9.97. The Morgan fingerprint density at radius 3 is 2.20 bits per heavy atom. The van der Waals surface area contributed by atoms with E-state index in [0.717, 1.165) is 42.6 Å². The Labute approximate surface area is 238 Å². The quantitative estimate of drug-likeness (QED) is 0.234. The zero-order valence-electron chi connectivity index (χ0n) is 25.3. The lowest BCUT2D eigenvalue weighted by Gasteiger charge is -2.30. The molecule has 0 N–H and O–H groups in total. The molecule has 0 saturated carbocycles. The van der Waals surface area contributed by atoms with Gasteiger partial charge in [-0.15, -0.1) is 0 Å². The molecule has 3 aromatic rings. The molecule has 1 fully saturated rings. The van der Waals surface area contributed by atoms with Crippen LogP contribution in [-0.4, -0.2) is 40.8 Å². The van der Waals surface area contributed by atoms with E-state index in [4.69, 9.17) is 14.0 Å². The van der Waals surface area contributed by atoms with Gasteiger partial charge in [0.2, 0.25) is 6.10 Å². The molecule has 1 aliphatic rings. The zero-order valence-corrected chi connectivity index (χ0v) is 25.3. The Morgan fingerprint density at radius 2 is 1.60 bits per heavy atom. The van der Waals surface area contributed by atoms with Crippen LogP contribution in [0, 0.1) is 0 Å².